The summed E-state index contributed by atoms with van der Waals surface area (Å²) in [6.07, 6.45) is 1.50. The first-order valence-corrected chi connectivity index (χ1v) is 8.42. The topological polar surface area (TPSA) is 49.4 Å². The molecule has 0 aromatic heterocycles. The van der Waals surface area contributed by atoms with Crippen LogP contribution in [-0.4, -0.2) is 23.3 Å². The third-order valence-electron chi connectivity index (χ3n) is 3.93. The fraction of sp³-hybridized carbons (Fsp3) is 0.222. The summed E-state index contributed by atoms with van der Waals surface area (Å²) in [6, 6.07) is 12.3. The second-order valence-corrected chi connectivity index (χ2v) is 6.46. The number of amides is 2. The molecule has 1 N–H and O–H groups in total. The Bertz CT molecular complexity index is 792. The van der Waals surface area contributed by atoms with Crippen molar-refractivity contribution < 1.29 is 9.59 Å². The van der Waals surface area contributed by atoms with E-state index < -0.39 is 0 Å². The Labute approximate surface area is 150 Å². The number of rotatable bonds is 4. The number of hydrogen-bond donors (Lipinski definition) is 1. The molecule has 1 fully saturated rings. The number of nitrogens with zero attached hydrogens (tertiary/aromatic N) is 1. The van der Waals surface area contributed by atoms with Crippen LogP contribution in [0.25, 0.3) is 0 Å². The molecule has 6 heteroatoms. The zero-order valence-corrected chi connectivity index (χ0v) is 14.4. The van der Waals surface area contributed by atoms with Gasteiger partial charge in [0.25, 0.3) is 5.91 Å². The second kappa shape index (κ2) is 7.24. The Morgan fingerprint density at radius 3 is 2.71 bits per heavy atom. The van der Waals surface area contributed by atoms with Crippen molar-refractivity contribution in [3.05, 3.63) is 63.6 Å². The quantitative estimate of drug-likeness (QED) is 0.877. The largest absolute Gasteiger partial charge is 0.338 e. The predicted octanol–water partition coefficient (Wildman–Crippen LogP) is 4.37. The zero-order valence-electron chi connectivity index (χ0n) is 12.9. The van der Waals surface area contributed by atoms with E-state index in [0.717, 1.165) is 18.5 Å². The SMILES string of the molecule is O=C(Nc1cccc(Cl)c1Cl)c1cccc(CN2CCCC2=O)c1. The third-order valence-corrected chi connectivity index (χ3v) is 4.75. The molecule has 124 valence electrons. The molecular weight excluding hydrogens is 347 g/mol. The maximum Gasteiger partial charge on any atom is 0.255 e. The van der Waals surface area contributed by atoms with Gasteiger partial charge in [-0.1, -0.05) is 41.4 Å². The Morgan fingerprint density at radius 1 is 1.17 bits per heavy atom. The minimum atomic E-state index is -0.270. The van der Waals surface area contributed by atoms with Crippen molar-refractivity contribution in [3.63, 3.8) is 0 Å². The molecule has 2 aromatic carbocycles. The summed E-state index contributed by atoms with van der Waals surface area (Å²) in [5, 5.41) is 3.46. The molecule has 0 bridgehead atoms. The van der Waals surface area contributed by atoms with E-state index in [1.54, 1.807) is 30.3 Å². The van der Waals surface area contributed by atoms with E-state index in [9.17, 15) is 9.59 Å². The van der Waals surface area contributed by atoms with Crippen LogP contribution in [0.5, 0.6) is 0 Å². The Morgan fingerprint density at radius 2 is 1.96 bits per heavy atom. The highest BCUT2D eigenvalue weighted by Gasteiger charge is 2.20. The molecule has 0 aliphatic carbocycles. The highest BCUT2D eigenvalue weighted by atomic mass is 35.5. The average Bonchev–Trinajstić information content (AvgIpc) is 2.97. The summed E-state index contributed by atoms with van der Waals surface area (Å²) < 4.78 is 0. The van der Waals surface area contributed by atoms with Crippen LogP contribution in [0.4, 0.5) is 5.69 Å². The van der Waals surface area contributed by atoms with E-state index in [1.165, 1.54) is 0 Å². The van der Waals surface area contributed by atoms with E-state index in [0.29, 0.717) is 34.3 Å². The van der Waals surface area contributed by atoms with Gasteiger partial charge in [-0.05, 0) is 36.2 Å². The molecule has 0 radical (unpaired) electrons. The number of carbonyl (C=O) groups is 2. The Hall–Kier alpha value is -2.04. The lowest BCUT2D eigenvalue weighted by atomic mass is 10.1. The third kappa shape index (κ3) is 3.71. The highest BCUT2D eigenvalue weighted by molar-refractivity contribution is 6.44. The van der Waals surface area contributed by atoms with Crippen LogP contribution in [0.1, 0.15) is 28.8 Å². The Kier molecular flexibility index (Phi) is 5.07. The normalized spacial score (nSPS) is 14.1. The van der Waals surface area contributed by atoms with Gasteiger partial charge in [0.2, 0.25) is 5.91 Å². The van der Waals surface area contributed by atoms with Crippen LogP contribution in [-0.2, 0) is 11.3 Å². The van der Waals surface area contributed by atoms with Gasteiger partial charge in [0.05, 0.1) is 15.7 Å². The number of halogens is 2. The van der Waals surface area contributed by atoms with Gasteiger partial charge < -0.3 is 10.2 Å². The molecule has 1 aliphatic rings. The molecule has 0 atom stereocenters. The van der Waals surface area contributed by atoms with E-state index in [1.807, 2.05) is 17.0 Å². The Balaban J connectivity index is 1.74. The first-order chi connectivity index (χ1) is 11.5. The number of nitrogens with one attached hydrogen (secondary N) is 1. The van der Waals surface area contributed by atoms with Crippen molar-refractivity contribution in [2.75, 3.05) is 11.9 Å². The standard InChI is InChI=1S/C18H16Cl2N2O2/c19-14-6-2-7-15(17(14)20)21-18(24)13-5-1-4-12(10-13)11-22-9-3-8-16(22)23/h1-2,4-7,10H,3,8-9,11H2,(H,21,24). The molecule has 24 heavy (non-hydrogen) atoms. The monoisotopic (exact) mass is 362 g/mol. The summed E-state index contributed by atoms with van der Waals surface area (Å²) in [6.45, 7) is 1.30. The van der Waals surface area contributed by atoms with Crippen molar-refractivity contribution in [3.8, 4) is 0 Å². The van der Waals surface area contributed by atoms with Gasteiger partial charge in [0, 0.05) is 25.1 Å². The molecule has 0 unspecified atom stereocenters. The average molecular weight is 363 g/mol. The molecule has 3 rings (SSSR count). The first-order valence-electron chi connectivity index (χ1n) is 7.66. The summed E-state index contributed by atoms with van der Waals surface area (Å²) in [5.74, 6) is -0.107. The lowest BCUT2D eigenvalue weighted by Gasteiger charge is -2.16. The van der Waals surface area contributed by atoms with E-state index in [2.05, 4.69) is 5.32 Å². The number of anilines is 1. The van der Waals surface area contributed by atoms with Gasteiger partial charge in [-0.2, -0.15) is 0 Å². The molecule has 2 amide bonds. The summed E-state index contributed by atoms with van der Waals surface area (Å²) in [4.78, 5) is 26.0. The van der Waals surface area contributed by atoms with Crippen molar-refractivity contribution in [1.29, 1.82) is 0 Å². The van der Waals surface area contributed by atoms with Crippen molar-refractivity contribution >= 4 is 40.7 Å². The van der Waals surface area contributed by atoms with Gasteiger partial charge in [-0.3, -0.25) is 9.59 Å². The molecule has 2 aromatic rings. The highest BCUT2D eigenvalue weighted by Crippen LogP contribution is 2.29. The van der Waals surface area contributed by atoms with Gasteiger partial charge in [-0.25, -0.2) is 0 Å². The summed E-state index contributed by atoms with van der Waals surface area (Å²) in [7, 11) is 0. The van der Waals surface area contributed by atoms with Crippen LogP contribution < -0.4 is 5.32 Å². The lowest BCUT2D eigenvalue weighted by Crippen LogP contribution is -2.24. The maximum atomic E-state index is 12.4. The van der Waals surface area contributed by atoms with Crippen LogP contribution in [0.15, 0.2) is 42.5 Å². The van der Waals surface area contributed by atoms with Crippen molar-refractivity contribution in [2.24, 2.45) is 0 Å². The number of benzene rings is 2. The van der Waals surface area contributed by atoms with Crippen LogP contribution in [0.3, 0.4) is 0 Å². The molecule has 1 heterocycles. The van der Waals surface area contributed by atoms with Crippen LogP contribution in [0.2, 0.25) is 10.0 Å². The number of likely N-dealkylation sites (tertiary alicyclic amines) is 1. The minimum absolute atomic E-state index is 0.163. The van der Waals surface area contributed by atoms with E-state index in [4.69, 9.17) is 23.2 Å². The molecule has 4 nitrogen and oxygen atoms in total. The smallest absolute Gasteiger partial charge is 0.255 e. The summed E-state index contributed by atoms with van der Waals surface area (Å²) in [5.41, 5.74) is 1.90. The first kappa shape index (κ1) is 16.8. The van der Waals surface area contributed by atoms with Crippen LogP contribution in [0, 0.1) is 0 Å². The second-order valence-electron chi connectivity index (χ2n) is 5.67. The maximum absolute atomic E-state index is 12.4. The fourth-order valence-electron chi connectivity index (χ4n) is 2.70. The molecule has 1 aliphatic heterocycles. The predicted molar refractivity (Wildman–Crippen MR) is 95.5 cm³/mol. The minimum Gasteiger partial charge on any atom is -0.338 e. The zero-order chi connectivity index (χ0) is 17.1. The van der Waals surface area contributed by atoms with Gasteiger partial charge in [0.1, 0.15) is 0 Å². The molecule has 1 saturated heterocycles. The van der Waals surface area contributed by atoms with Gasteiger partial charge in [-0.15, -0.1) is 0 Å². The van der Waals surface area contributed by atoms with Crippen LogP contribution >= 0.6 is 23.2 Å². The number of hydrogen-bond acceptors (Lipinski definition) is 2. The lowest BCUT2D eigenvalue weighted by molar-refractivity contribution is -0.128. The number of carbonyl (C=O) groups excluding carboxylic acids is 2. The van der Waals surface area contributed by atoms with Crippen molar-refractivity contribution in [1.82, 2.24) is 4.90 Å². The van der Waals surface area contributed by atoms with Gasteiger partial charge in [0.15, 0.2) is 0 Å². The fourth-order valence-corrected chi connectivity index (χ4v) is 3.05. The molecule has 0 spiro atoms. The summed E-state index contributed by atoms with van der Waals surface area (Å²) >= 11 is 12.1. The van der Waals surface area contributed by atoms with Gasteiger partial charge >= 0.3 is 0 Å². The van der Waals surface area contributed by atoms with E-state index in [-0.39, 0.29) is 11.8 Å². The van der Waals surface area contributed by atoms with E-state index >= 15 is 0 Å². The molecular formula is C18H16Cl2N2O2. The van der Waals surface area contributed by atoms with Crippen molar-refractivity contribution in [2.45, 2.75) is 19.4 Å². The molecule has 0 saturated carbocycles.